The lowest BCUT2D eigenvalue weighted by Gasteiger charge is -2.14. The Labute approximate surface area is 122 Å². The highest BCUT2D eigenvalue weighted by molar-refractivity contribution is 6.05. The maximum absolute atomic E-state index is 11.4. The monoisotopic (exact) mass is 287 g/mol. The molecule has 1 aromatic heterocycles. The summed E-state index contributed by atoms with van der Waals surface area (Å²) >= 11 is 0. The number of benzene rings is 1. The van der Waals surface area contributed by atoms with E-state index in [1.165, 1.54) is 6.07 Å². The first-order chi connectivity index (χ1) is 9.92. The SMILES string of the molecule is CCC(=O)Nc1ccc2nc(N(C)C)cc(C(=O)O)c2c1. The predicted octanol–water partition coefficient (Wildman–Crippen LogP) is 2.35. The van der Waals surface area contributed by atoms with Gasteiger partial charge in [0.1, 0.15) is 5.82 Å². The third kappa shape index (κ3) is 3.10. The van der Waals surface area contributed by atoms with Gasteiger partial charge in [0.25, 0.3) is 0 Å². The topological polar surface area (TPSA) is 82.5 Å². The number of aromatic nitrogens is 1. The van der Waals surface area contributed by atoms with E-state index in [2.05, 4.69) is 10.3 Å². The van der Waals surface area contributed by atoms with Crippen LogP contribution in [-0.2, 0) is 4.79 Å². The molecule has 0 fully saturated rings. The Morgan fingerprint density at radius 3 is 2.57 bits per heavy atom. The molecule has 2 N–H and O–H groups in total. The van der Waals surface area contributed by atoms with Crippen LogP contribution in [0.3, 0.4) is 0 Å². The molecular weight excluding hydrogens is 270 g/mol. The number of amides is 1. The van der Waals surface area contributed by atoms with Gasteiger partial charge in [0.05, 0.1) is 11.1 Å². The Morgan fingerprint density at radius 2 is 2.00 bits per heavy atom. The number of hydrogen-bond donors (Lipinski definition) is 2. The van der Waals surface area contributed by atoms with Gasteiger partial charge in [-0.25, -0.2) is 9.78 Å². The Morgan fingerprint density at radius 1 is 1.29 bits per heavy atom. The van der Waals surface area contributed by atoms with E-state index in [1.54, 1.807) is 44.1 Å². The van der Waals surface area contributed by atoms with Crippen LogP contribution in [0.1, 0.15) is 23.7 Å². The zero-order valence-corrected chi connectivity index (χ0v) is 12.2. The van der Waals surface area contributed by atoms with Crippen molar-refractivity contribution in [3.8, 4) is 0 Å². The maximum atomic E-state index is 11.4. The van der Waals surface area contributed by atoms with Crippen LogP contribution in [0.2, 0.25) is 0 Å². The number of rotatable bonds is 4. The van der Waals surface area contributed by atoms with Gasteiger partial charge >= 0.3 is 5.97 Å². The van der Waals surface area contributed by atoms with Gasteiger partial charge in [-0.2, -0.15) is 0 Å². The lowest BCUT2D eigenvalue weighted by atomic mass is 10.1. The average Bonchev–Trinajstić information content (AvgIpc) is 2.45. The number of carbonyl (C=O) groups excluding carboxylic acids is 1. The number of fused-ring (bicyclic) bond motifs is 1. The van der Waals surface area contributed by atoms with Crippen LogP contribution < -0.4 is 10.2 Å². The smallest absolute Gasteiger partial charge is 0.336 e. The number of aromatic carboxylic acids is 1. The van der Waals surface area contributed by atoms with Crippen LogP contribution in [0.25, 0.3) is 10.9 Å². The Balaban J connectivity index is 2.60. The highest BCUT2D eigenvalue weighted by Crippen LogP contribution is 2.25. The van der Waals surface area contributed by atoms with Gasteiger partial charge in [0, 0.05) is 31.6 Å². The molecule has 1 heterocycles. The summed E-state index contributed by atoms with van der Waals surface area (Å²) in [7, 11) is 3.60. The largest absolute Gasteiger partial charge is 0.478 e. The van der Waals surface area contributed by atoms with E-state index < -0.39 is 5.97 Å². The molecule has 2 aromatic rings. The first-order valence-electron chi connectivity index (χ1n) is 6.57. The molecule has 21 heavy (non-hydrogen) atoms. The molecule has 0 spiro atoms. The van der Waals surface area contributed by atoms with Gasteiger partial charge in [-0.1, -0.05) is 6.92 Å². The third-order valence-corrected chi connectivity index (χ3v) is 3.09. The molecule has 6 nitrogen and oxygen atoms in total. The van der Waals surface area contributed by atoms with Crippen LogP contribution in [0.15, 0.2) is 24.3 Å². The molecule has 1 aromatic carbocycles. The Hall–Kier alpha value is -2.63. The maximum Gasteiger partial charge on any atom is 0.336 e. The average molecular weight is 287 g/mol. The highest BCUT2D eigenvalue weighted by atomic mass is 16.4. The van der Waals surface area contributed by atoms with Crippen LogP contribution in [0.4, 0.5) is 11.5 Å². The number of carbonyl (C=O) groups is 2. The number of carboxylic acids is 1. The summed E-state index contributed by atoms with van der Waals surface area (Å²) in [5, 5.41) is 12.6. The number of hydrogen-bond acceptors (Lipinski definition) is 4. The van der Waals surface area contributed by atoms with Gasteiger partial charge < -0.3 is 15.3 Å². The summed E-state index contributed by atoms with van der Waals surface area (Å²) < 4.78 is 0. The van der Waals surface area contributed by atoms with Gasteiger partial charge in [0.2, 0.25) is 5.91 Å². The minimum atomic E-state index is -1.02. The number of nitrogens with zero attached hydrogens (tertiary/aromatic N) is 2. The molecule has 2 rings (SSSR count). The quantitative estimate of drug-likeness (QED) is 0.902. The summed E-state index contributed by atoms with van der Waals surface area (Å²) in [4.78, 5) is 29.0. The molecule has 6 heteroatoms. The number of nitrogens with one attached hydrogen (secondary N) is 1. The molecule has 0 aliphatic rings. The Kier molecular flexibility index (Phi) is 4.07. The van der Waals surface area contributed by atoms with E-state index in [0.29, 0.717) is 28.8 Å². The summed E-state index contributed by atoms with van der Waals surface area (Å²) in [6.07, 6.45) is 0.363. The van der Waals surface area contributed by atoms with Crippen molar-refractivity contribution < 1.29 is 14.7 Å². The summed E-state index contributed by atoms with van der Waals surface area (Å²) in [5.41, 5.74) is 1.31. The van der Waals surface area contributed by atoms with Crippen molar-refractivity contribution in [3.63, 3.8) is 0 Å². The molecule has 0 saturated heterocycles. The van der Waals surface area contributed by atoms with Crippen molar-refractivity contribution in [2.75, 3.05) is 24.3 Å². The highest BCUT2D eigenvalue weighted by Gasteiger charge is 2.13. The zero-order chi connectivity index (χ0) is 15.6. The van der Waals surface area contributed by atoms with Crippen molar-refractivity contribution in [3.05, 3.63) is 29.8 Å². The fourth-order valence-electron chi connectivity index (χ4n) is 1.94. The van der Waals surface area contributed by atoms with E-state index in [9.17, 15) is 14.7 Å². The number of pyridine rings is 1. The predicted molar refractivity (Wildman–Crippen MR) is 82.0 cm³/mol. The second kappa shape index (κ2) is 5.78. The first-order valence-corrected chi connectivity index (χ1v) is 6.57. The minimum absolute atomic E-state index is 0.121. The van der Waals surface area contributed by atoms with Crippen LogP contribution in [-0.4, -0.2) is 36.1 Å². The van der Waals surface area contributed by atoms with Gasteiger partial charge in [0.15, 0.2) is 0 Å². The Bertz CT molecular complexity index is 711. The molecule has 110 valence electrons. The molecule has 0 unspecified atom stereocenters. The van der Waals surface area contributed by atoms with Gasteiger partial charge in [-0.15, -0.1) is 0 Å². The van der Waals surface area contributed by atoms with Crippen LogP contribution in [0.5, 0.6) is 0 Å². The van der Waals surface area contributed by atoms with Crippen molar-refractivity contribution in [1.82, 2.24) is 4.98 Å². The summed E-state index contributed by atoms with van der Waals surface area (Å²) in [6.45, 7) is 1.75. The molecule has 0 aliphatic heterocycles. The molecule has 0 saturated carbocycles. The fourth-order valence-corrected chi connectivity index (χ4v) is 1.94. The molecular formula is C15H17N3O3. The van der Waals surface area contributed by atoms with Gasteiger partial charge in [-0.05, 0) is 24.3 Å². The molecule has 0 radical (unpaired) electrons. The van der Waals surface area contributed by atoms with E-state index in [1.807, 2.05) is 0 Å². The van der Waals surface area contributed by atoms with Crippen molar-refractivity contribution in [2.24, 2.45) is 0 Å². The van der Waals surface area contributed by atoms with E-state index >= 15 is 0 Å². The van der Waals surface area contributed by atoms with E-state index in [-0.39, 0.29) is 11.5 Å². The summed E-state index contributed by atoms with van der Waals surface area (Å²) in [6, 6.07) is 6.59. The zero-order valence-electron chi connectivity index (χ0n) is 12.2. The first kappa shape index (κ1) is 14.8. The normalized spacial score (nSPS) is 10.4. The van der Waals surface area contributed by atoms with Crippen LogP contribution >= 0.6 is 0 Å². The van der Waals surface area contributed by atoms with Crippen molar-refractivity contribution >= 4 is 34.3 Å². The lowest BCUT2D eigenvalue weighted by molar-refractivity contribution is -0.115. The van der Waals surface area contributed by atoms with E-state index in [0.717, 1.165) is 0 Å². The second-order valence-electron chi connectivity index (χ2n) is 4.86. The molecule has 0 bridgehead atoms. The van der Waals surface area contributed by atoms with Crippen molar-refractivity contribution in [2.45, 2.75) is 13.3 Å². The third-order valence-electron chi connectivity index (χ3n) is 3.09. The second-order valence-corrected chi connectivity index (χ2v) is 4.86. The van der Waals surface area contributed by atoms with Crippen molar-refractivity contribution in [1.29, 1.82) is 0 Å². The lowest BCUT2D eigenvalue weighted by Crippen LogP contribution is -2.13. The van der Waals surface area contributed by atoms with E-state index in [4.69, 9.17) is 0 Å². The number of anilines is 2. The number of carboxylic acid groups (broad SMARTS) is 1. The summed E-state index contributed by atoms with van der Waals surface area (Å²) in [5.74, 6) is -0.571. The fraction of sp³-hybridized carbons (Fsp3) is 0.267. The standard InChI is InChI=1S/C15H17N3O3/c1-4-14(19)16-9-5-6-12-10(7-9)11(15(20)21)8-13(17-12)18(2)3/h5-8H,4H2,1-3H3,(H,16,19)(H,20,21). The van der Waals surface area contributed by atoms with Crippen LogP contribution in [0, 0.1) is 0 Å². The molecule has 0 atom stereocenters. The molecule has 1 amide bonds. The minimum Gasteiger partial charge on any atom is -0.478 e. The van der Waals surface area contributed by atoms with Gasteiger partial charge in [-0.3, -0.25) is 4.79 Å². The molecule has 0 aliphatic carbocycles.